The second-order valence-corrected chi connectivity index (χ2v) is 6.73. The Morgan fingerprint density at radius 1 is 1.10 bits per heavy atom. The van der Waals surface area contributed by atoms with Crippen molar-refractivity contribution in [1.82, 2.24) is 4.90 Å². The van der Waals surface area contributed by atoms with Crippen LogP contribution in [0.3, 0.4) is 0 Å². The summed E-state index contributed by atoms with van der Waals surface area (Å²) in [6.07, 6.45) is 1.82. The van der Waals surface area contributed by atoms with Gasteiger partial charge in [0.05, 0.1) is 26.0 Å². The molecule has 0 radical (unpaired) electrons. The fourth-order valence-electron chi connectivity index (χ4n) is 2.99. The highest BCUT2D eigenvalue weighted by Gasteiger charge is 2.33. The van der Waals surface area contributed by atoms with Crippen LogP contribution in [0.25, 0.3) is 0 Å². The van der Waals surface area contributed by atoms with Gasteiger partial charge in [0.2, 0.25) is 0 Å². The summed E-state index contributed by atoms with van der Waals surface area (Å²) in [5, 5.41) is 11.7. The molecule has 1 N–H and O–H groups in total. The van der Waals surface area contributed by atoms with Crippen molar-refractivity contribution < 1.29 is 23.8 Å². The number of carbonyl (C=O) groups is 2. The van der Waals surface area contributed by atoms with Crippen molar-refractivity contribution in [3.8, 4) is 23.3 Å². The molecule has 0 bridgehead atoms. The largest absolute Gasteiger partial charge is 0.495 e. The SMILES string of the molecule is COc1ccccc1NC(=O)COc1ccc(C(=O)N(CC#N)C2CC2)cc1OC. The van der Waals surface area contributed by atoms with Crippen molar-refractivity contribution in [2.75, 3.05) is 32.7 Å². The normalized spacial score (nSPS) is 12.4. The van der Waals surface area contributed by atoms with Crippen LogP contribution in [0.5, 0.6) is 17.2 Å². The molecule has 0 heterocycles. The van der Waals surface area contributed by atoms with Crippen molar-refractivity contribution in [3.05, 3.63) is 48.0 Å². The first kappa shape index (κ1) is 21.0. The first-order chi connectivity index (χ1) is 14.6. The number of hydrogen-bond acceptors (Lipinski definition) is 6. The fourth-order valence-corrected chi connectivity index (χ4v) is 2.99. The summed E-state index contributed by atoms with van der Waals surface area (Å²) >= 11 is 0. The molecule has 8 heteroatoms. The number of nitrogens with one attached hydrogen (secondary N) is 1. The molecule has 1 aliphatic rings. The van der Waals surface area contributed by atoms with E-state index >= 15 is 0 Å². The van der Waals surface area contributed by atoms with E-state index in [1.165, 1.54) is 14.2 Å². The molecule has 2 aromatic carbocycles. The van der Waals surface area contributed by atoms with Crippen LogP contribution < -0.4 is 19.5 Å². The van der Waals surface area contributed by atoms with Gasteiger partial charge < -0.3 is 24.4 Å². The molecule has 0 unspecified atom stereocenters. The Kier molecular flexibility index (Phi) is 6.75. The second-order valence-electron chi connectivity index (χ2n) is 6.73. The summed E-state index contributed by atoms with van der Waals surface area (Å²) in [6, 6.07) is 14.0. The third-order valence-electron chi connectivity index (χ3n) is 4.64. The average molecular weight is 409 g/mol. The molecule has 30 heavy (non-hydrogen) atoms. The maximum Gasteiger partial charge on any atom is 0.262 e. The maximum absolute atomic E-state index is 12.7. The number of hydrogen-bond donors (Lipinski definition) is 1. The van der Waals surface area contributed by atoms with E-state index < -0.39 is 0 Å². The van der Waals surface area contributed by atoms with Crippen LogP contribution >= 0.6 is 0 Å². The van der Waals surface area contributed by atoms with Gasteiger partial charge in [-0.15, -0.1) is 0 Å². The maximum atomic E-state index is 12.7. The van der Waals surface area contributed by atoms with Gasteiger partial charge >= 0.3 is 0 Å². The molecule has 0 atom stereocenters. The van der Waals surface area contributed by atoms with Gasteiger partial charge in [0.1, 0.15) is 12.3 Å². The van der Waals surface area contributed by atoms with Crippen LogP contribution in [-0.4, -0.2) is 50.1 Å². The van der Waals surface area contributed by atoms with Gasteiger partial charge in [-0.3, -0.25) is 9.59 Å². The zero-order valence-electron chi connectivity index (χ0n) is 16.9. The van der Waals surface area contributed by atoms with Crippen molar-refractivity contribution in [3.63, 3.8) is 0 Å². The smallest absolute Gasteiger partial charge is 0.262 e. The van der Waals surface area contributed by atoms with E-state index in [0.29, 0.717) is 28.5 Å². The van der Waals surface area contributed by atoms with Gasteiger partial charge in [-0.1, -0.05) is 12.1 Å². The number of para-hydroxylation sites is 2. The molecular formula is C22H23N3O5. The Labute approximate surface area is 174 Å². The number of rotatable bonds is 9. The Morgan fingerprint density at radius 2 is 1.83 bits per heavy atom. The molecule has 2 aromatic rings. The van der Waals surface area contributed by atoms with Gasteiger partial charge in [0.15, 0.2) is 18.1 Å². The minimum atomic E-state index is -0.365. The lowest BCUT2D eigenvalue weighted by atomic mass is 10.1. The molecule has 1 aliphatic carbocycles. The van der Waals surface area contributed by atoms with Gasteiger partial charge in [-0.2, -0.15) is 5.26 Å². The van der Waals surface area contributed by atoms with Gasteiger partial charge in [0, 0.05) is 11.6 Å². The van der Waals surface area contributed by atoms with Crippen LogP contribution in [0.1, 0.15) is 23.2 Å². The van der Waals surface area contributed by atoms with Gasteiger partial charge in [0.25, 0.3) is 11.8 Å². The Morgan fingerprint density at radius 3 is 2.50 bits per heavy atom. The molecule has 0 spiro atoms. The quantitative estimate of drug-likeness (QED) is 0.639. The number of benzene rings is 2. The summed E-state index contributed by atoms with van der Waals surface area (Å²) in [6.45, 7) is -0.197. The summed E-state index contributed by atoms with van der Waals surface area (Å²) in [7, 11) is 2.98. The first-order valence-corrected chi connectivity index (χ1v) is 9.49. The standard InChI is InChI=1S/C22H23N3O5/c1-28-18-6-4-3-5-17(18)24-21(26)14-30-19-10-7-15(13-20(19)29-2)22(27)25(12-11-23)16-8-9-16/h3-7,10,13,16H,8-9,12,14H2,1-2H3,(H,24,26). The lowest BCUT2D eigenvalue weighted by molar-refractivity contribution is -0.118. The van der Waals surface area contributed by atoms with Crippen LogP contribution in [0.2, 0.25) is 0 Å². The molecule has 1 saturated carbocycles. The second kappa shape index (κ2) is 9.65. The summed E-state index contributed by atoms with van der Waals surface area (Å²) in [5.41, 5.74) is 0.944. The minimum absolute atomic E-state index is 0.0488. The molecule has 156 valence electrons. The first-order valence-electron chi connectivity index (χ1n) is 9.49. The number of nitriles is 1. The number of carbonyl (C=O) groups excluding carboxylic acids is 2. The number of nitrogens with zero attached hydrogens (tertiary/aromatic N) is 2. The van der Waals surface area contributed by atoms with E-state index in [0.717, 1.165) is 12.8 Å². The van der Waals surface area contributed by atoms with Crippen molar-refractivity contribution in [1.29, 1.82) is 5.26 Å². The Hall–Kier alpha value is -3.73. The lowest BCUT2D eigenvalue weighted by Gasteiger charge is -2.20. The van der Waals surface area contributed by atoms with Crippen molar-refractivity contribution in [2.24, 2.45) is 0 Å². The molecule has 2 amide bonds. The number of methoxy groups -OCH3 is 2. The lowest BCUT2D eigenvalue weighted by Crippen LogP contribution is -2.33. The zero-order chi connectivity index (χ0) is 21.5. The van der Waals surface area contributed by atoms with Crippen LogP contribution in [0.15, 0.2) is 42.5 Å². The predicted octanol–water partition coefficient (Wildman–Crippen LogP) is 2.85. The molecule has 0 aromatic heterocycles. The number of ether oxygens (including phenoxy) is 3. The highest BCUT2D eigenvalue weighted by Crippen LogP contribution is 2.32. The summed E-state index contributed by atoms with van der Waals surface area (Å²) < 4.78 is 16.1. The molecule has 0 aliphatic heterocycles. The number of amides is 2. The highest BCUT2D eigenvalue weighted by molar-refractivity contribution is 5.96. The predicted molar refractivity (Wildman–Crippen MR) is 110 cm³/mol. The topological polar surface area (TPSA) is 101 Å². The van der Waals surface area contributed by atoms with E-state index in [1.807, 2.05) is 6.07 Å². The van der Waals surface area contributed by atoms with Crippen LogP contribution in [0, 0.1) is 11.3 Å². The molecular weight excluding hydrogens is 386 g/mol. The minimum Gasteiger partial charge on any atom is -0.495 e. The monoisotopic (exact) mass is 409 g/mol. The van der Waals surface area contributed by atoms with Crippen LogP contribution in [-0.2, 0) is 4.79 Å². The molecule has 3 rings (SSSR count). The zero-order valence-corrected chi connectivity index (χ0v) is 16.9. The fraction of sp³-hybridized carbons (Fsp3) is 0.318. The van der Waals surface area contributed by atoms with E-state index in [2.05, 4.69) is 5.32 Å². The highest BCUT2D eigenvalue weighted by atomic mass is 16.5. The Bertz CT molecular complexity index is 965. The third kappa shape index (κ3) is 5.00. The van der Waals surface area contributed by atoms with Gasteiger partial charge in [-0.25, -0.2) is 0 Å². The average Bonchev–Trinajstić information content (AvgIpc) is 3.61. The van der Waals surface area contributed by atoms with Crippen molar-refractivity contribution >= 4 is 17.5 Å². The molecule has 8 nitrogen and oxygen atoms in total. The molecule has 0 saturated heterocycles. The van der Waals surface area contributed by atoms with Gasteiger partial charge in [-0.05, 0) is 43.2 Å². The van der Waals surface area contributed by atoms with E-state index in [-0.39, 0.29) is 31.0 Å². The van der Waals surface area contributed by atoms with E-state index in [4.69, 9.17) is 19.5 Å². The summed E-state index contributed by atoms with van der Waals surface area (Å²) in [4.78, 5) is 26.5. The Balaban J connectivity index is 1.65. The van der Waals surface area contributed by atoms with Crippen molar-refractivity contribution in [2.45, 2.75) is 18.9 Å². The van der Waals surface area contributed by atoms with E-state index in [1.54, 1.807) is 47.4 Å². The number of anilines is 1. The van der Waals surface area contributed by atoms with E-state index in [9.17, 15) is 9.59 Å². The summed E-state index contributed by atoms with van der Waals surface area (Å²) in [5.74, 6) is 0.624. The third-order valence-corrected chi connectivity index (χ3v) is 4.64. The van der Waals surface area contributed by atoms with Crippen LogP contribution in [0.4, 0.5) is 5.69 Å². The molecule has 1 fully saturated rings.